The first kappa shape index (κ1) is 16.5. The topological polar surface area (TPSA) is 23.8 Å². The van der Waals surface area contributed by atoms with Crippen LogP contribution in [0.5, 0.6) is 0 Å². The molecular weight excluding hydrogens is 189 g/mol. The van der Waals surface area contributed by atoms with Crippen molar-refractivity contribution in [3.8, 4) is 4.97 Å². The molecule has 0 aliphatic heterocycles. The summed E-state index contributed by atoms with van der Waals surface area (Å²) in [5.74, 6) is 0. The molecule has 0 aliphatic carbocycles. The molecule has 1 nitrogen and oxygen atoms in total. The molecule has 0 spiro atoms. The fourth-order valence-corrected chi connectivity index (χ4v) is 0. The van der Waals surface area contributed by atoms with E-state index in [1.54, 1.807) is 0 Å². The zero-order valence-corrected chi connectivity index (χ0v) is 5.71. The van der Waals surface area contributed by atoms with Crippen molar-refractivity contribution in [1.29, 1.82) is 5.26 Å². The number of rotatable bonds is 0. The summed E-state index contributed by atoms with van der Waals surface area (Å²) in [4.78, 5) is 1.50. The van der Waals surface area contributed by atoms with Crippen LogP contribution in [0.4, 0.5) is 0 Å². The van der Waals surface area contributed by atoms with Crippen LogP contribution in [0.1, 0.15) is 0 Å². The first-order valence-electron chi connectivity index (χ1n) is 0.400. The van der Waals surface area contributed by atoms with Gasteiger partial charge in [0, 0.05) is 35.6 Å². The second-order valence-electron chi connectivity index (χ2n) is 0.0791. The van der Waals surface area contributed by atoms with Crippen molar-refractivity contribution in [2.75, 3.05) is 0 Å². The van der Waals surface area contributed by atoms with E-state index in [1.807, 2.05) is 0 Å². The maximum absolute atomic E-state index is 7.21. The van der Waals surface area contributed by atoms with Gasteiger partial charge in [0.25, 0.3) is 0 Å². The van der Waals surface area contributed by atoms with Gasteiger partial charge < -0.3 is 0 Å². The summed E-state index contributed by atoms with van der Waals surface area (Å²) < 4.78 is 0. The first-order valence-corrected chi connectivity index (χ1v) is 0.952. The molecule has 5 heavy (non-hydrogen) atoms. The maximum Gasteiger partial charge on any atom is 0 e. The van der Waals surface area contributed by atoms with E-state index in [0.717, 1.165) is 0 Å². The number of hydrogen-bond donors (Lipinski definition) is 0. The van der Waals surface area contributed by atoms with Crippen LogP contribution >= 0.6 is 0 Å². The zero-order chi connectivity index (χ0) is 2.71. The third-order valence-electron chi connectivity index (χ3n) is 0. The van der Waals surface area contributed by atoms with Crippen LogP contribution in [0.2, 0.25) is 0 Å². The molecular formula is CFe2NV. The van der Waals surface area contributed by atoms with Crippen LogP contribution in [0.15, 0.2) is 0 Å². The summed E-state index contributed by atoms with van der Waals surface area (Å²) in [7, 11) is 0. The van der Waals surface area contributed by atoms with Gasteiger partial charge in [0.15, 0.2) is 0 Å². The van der Waals surface area contributed by atoms with Gasteiger partial charge in [0.2, 0.25) is 0 Å². The Morgan fingerprint density at radius 1 is 1.60 bits per heavy atom. The number of hydrogen-bond acceptors (Lipinski definition) is 1. The molecule has 4 heteroatoms. The van der Waals surface area contributed by atoms with Crippen molar-refractivity contribution in [3.63, 3.8) is 0 Å². The van der Waals surface area contributed by atoms with Crippen LogP contribution in [0.3, 0.4) is 0 Å². The van der Waals surface area contributed by atoms with Crippen LogP contribution in [0.25, 0.3) is 0 Å². The van der Waals surface area contributed by atoms with Crippen molar-refractivity contribution < 1.29 is 51.6 Å². The molecule has 0 aromatic rings. The molecule has 0 saturated heterocycles. The predicted octanol–water partition coefficient (Wildman–Crippen LogP) is 0.00928. The smallest absolute Gasteiger partial charge is 0 e. The predicted molar refractivity (Wildman–Crippen MR) is 5.61 cm³/mol. The number of nitrogens with zero attached hydrogens (tertiary/aromatic N) is 1. The van der Waals surface area contributed by atoms with Crippen LogP contribution in [-0.2, 0) is 51.6 Å². The maximum atomic E-state index is 7.21. The van der Waals surface area contributed by atoms with Crippen LogP contribution in [-0.4, -0.2) is 0 Å². The van der Waals surface area contributed by atoms with Gasteiger partial charge in [-0.2, -0.15) is 0 Å². The average Bonchev–Trinajstić information content (AvgIpc) is 0.918. The van der Waals surface area contributed by atoms with Gasteiger partial charge >= 0.3 is 26.2 Å². The van der Waals surface area contributed by atoms with E-state index in [-0.39, 0.29) is 35.6 Å². The molecule has 0 N–H and O–H groups in total. The van der Waals surface area contributed by atoms with Gasteiger partial charge in [-0.25, -0.2) is 0 Å². The monoisotopic (exact) mass is 189 g/mol. The molecule has 0 saturated carbocycles. The molecule has 0 rings (SSSR count). The van der Waals surface area contributed by atoms with Crippen molar-refractivity contribution in [2.24, 2.45) is 0 Å². The van der Waals surface area contributed by atoms with E-state index in [4.69, 9.17) is 5.26 Å². The minimum absolute atomic E-state index is 0. The van der Waals surface area contributed by atoms with E-state index in [9.17, 15) is 0 Å². The summed E-state index contributed by atoms with van der Waals surface area (Å²) >= 11 is 2.79. The first-order chi connectivity index (χ1) is 1.41. The third-order valence-corrected chi connectivity index (χ3v) is 0. The van der Waals surface area contributed by atoms with Crippen molar-refractivity contribution in [2.45, 2.75) is 0 Å². The Morgan fingerprint density at radius 3 is 1.60 bits per heavy atom. The Hall–Kier alpha value is 1.11. The van der Waals surface area contributed by atoms with Gasteiger partial charge in [0.1, 0.15) is 0 Å². The Balaban J connectivity index is -0.0000000200. The van der Waals surface area contributed by atoms with E-state index >= 15 is 0 Å². The Bertz CT molecular complexity index is 31.1. The Labute approximate surface area is 61.7 Å². The van der Waals surface area contributed by atoms with E-state index in [0.29, 0.717) is 0 Å². The van der Waals surface area contributed by atoms with Gasteiger partial charge in [-0.3, -0.25) is 0 Å². The Morgan fingerprint density at radius 2 is 1.60 bits per heavy atom. The van der Waals surface area contributed by atoms with Gasteiger partial charge in [0.05, 0.1) is 0 Å². The minimum Gasteiger partial charge on any atom is 0 e. The van der Waals surface area contributed by atoms with Crippen molar-refractivity contribution >= 4 is 0 Å². The molecule has 0 unspecified atom stereocenters. The molecule has 0 fully saturated rings. The quantitative estimate of drug-likeness (QED) is 0.492. The zero-order valence-electron chi connectivity index (χ0n) is 2.10. The molecule has 1 radical (unpaired) electrons. The Kier molecular flexibility index (Phi) is 63.9. The summed E-state index contributed by atoms with van der Waals surface area (Å²) in [5.41, 5.74) is 0. The molecule has 0 atom stereocenters. The molecule has 0 amide bonds. The third kappa shape index (κ3) is 40.0. The molecule has 0 aromatic heterocycles. The second kappa shape index (κ2) is 19.4. The van der Waals surface area contributed by atoms with Crippen LogP contribution < -0.4 is 0 Å². The van der Waals surface area contributed by atoms with E-state index in [2.05, 4.69) is 16.0 Å². The molecule has 0 aliphatic rings. The second-order valence-corrected chi connectivity index (χ2v) is 0.326. The van der Waals surface area contributed by atoms with E-state index < -0.39 is 0 Å². The molecule has 30 valence electrons. The standard InChI is InChI=1S/CN.2Fe.V/c1-2;;;. The van der Waals surface area contributed by atoms with Crippen molar-refractivity contribution in [3.05, 3.63) is 0 Å². The van der Waals surface area contributed by atoms with Gasteiger partial charge in [-0.15, -0.1) is 0 Å². The molecule has 0 heterocycles. The summed E-state index contributed by atoms with van der Waals surface area (Å²) in [6.07, 6.45) is 0. The van der Waals surface area contributed by atoms with Gasteiger partial charge in [-0.1, -0.05) is 0 Å². The summed E-state index contributed by atoms with van der Waals surface area (Å²) in [5, 5.41) is 7.21. The van der Waals surface area contributed by atoms with Crippen LogP contribution in [0, 0.1) is 10.2 Å². The normalized spacial score (nSPS) is 1.60. The minimum atomic E-state index is 0. The number of nitriles is 1. The summed E-state index contributed by atoms with van der Waals surface area (Å²) in [6.45, 7) is 0. The largest absolute Gasteiger partial charge is 0 e. The SMILES string of the molecule is N#[C][Fe].[Fe].[V]. The van der Waals surface area contributed by atoms with Gasteiger partial charge in [-0.05, 0) is 0 Å². The average molecular weight is 189 g/mol. The van der Waals surface area contributed by atoms with Crippen molar-refractivity contribution in [1.82, 2.24) is 0 Å². The molecule has 0 bridgehead atoms. The fourth-order valence-electron chi connectivity index (χ4n) is 0. The van der Waals surface area contributed by atoms with E-state index in [1.165, 1.54) is 4.97 Å². The molecule has 0 aromatic carbocycles. The fraction of sp³-hybridized carbons (Fsp3) is 0. The summed E-state index contributed by atoms with van der Waals surface area (Å²) in [6, 6.07) is 0.